The Labute approximate surface area is 117 Å². The summed E-state index contributed by atoms with van der Waals surface area (Å²) in [7, 11) is 0. The number of oxime groups is 1. The van der Waals surface area contributed by atoms with E-state index in [2.05, 4.69) is 39.1 Å². The van der Waals surface area contributed by atoms with Crippen LogP contribution in [0.4, 0.5) is 0 Å². The molecular formula is C16H15N3O. The Morgan fingerprint density at radius 1 is 1.30 bits per heavy atom. The van der Waals surface area contributed by atoms with Crippen molar-refractivity contribution in [3.05, 3.63) is 66.1 Å². The molecule has 0 fully saturated rings. The molecule has 0 aliphatic rings. The Kier molecular flexibility index (Phi) is 3.21. The summed E-state index contributed by atoms with van der Waals surface area (Å²) in [4.78, 5) is 4.14. The summed E-state index contributed by atoms with van der Waals surface area (Å²) in [5, 5.41) is 13.2. The quantitative estimate of drug-likeness (QED) is 0.449. The molecule has 0 atom stereocenters. The van der Waals surface area contributed by atoms with Crippen LogP contribution in [0.3, 0.4) is 0 Å². The lowest BCUT2D eigenvalue weighted by molar-refractivity contribution is 0.319. The monoisotopic (exact) mass is 265 g/mol. The van der Waals surface area contributed by atoms with E-state index < -0.39 is 0 Å². The van der Waals surface area contributed by atoms with Crippen LogP contribution in [0, 0.1) is 0 Å². The number of nitrogens with zero attached hydrogens (tertiary/aromatic N) is 3. The molecule has 20 heavy (non-hydrogen) atoms. The molecule has 3 rings (SSSR count). The third-order valence-corrected chi connectivity index (χ3v) is 3.41. The lowest BCUT2D eigenvalue weighted by Gasteiger charge is -2.06. The SMILES string of the molecule is CC(=NO)c1ccc2c(ccn2Cc2cccnc2)c1. The lowest BCUT2D eigenvalue weighted by Crippen LogP contribution is -1.99. The molecule has 0 spiro atoms. The first-order valence-electron chi connectivity index (χ1n) is 6.45. The largest absolute Gasteiger partial charge is 0.411 e. The van der Waals surface area contributed by atoms with Gasteiger partial charge in [0, 0.05) is 36.0 Å². The van der Waals surface area contributed by atoms with Crippen molar-refractivity contribution in [2.45, 2.75) is 13.5 Å². The van der Waals surface area contributed by atoms with Gasteiger partial charge in [0.2, 0.25) is 0 Å². The van der Waals surface area contributed by atoms with Crippen LogP contribution in [0.25, 0.3) is 10.9 Å². The minimum Gasteiger partial charge on any atom is -0.411 e. The summed E-state index contributed by atoms with van der Waals surface area (Å²) in [6.07, 6.45) is 5.72. The van der Waals surface area contributed by atoms with Gasteiger partial charge < -0.3 is 9.77 Å². The lowest BCUT2D eigenvalue weighted by atomic mass is 10.1. The zero-order chi connectivity index (χ0) is 13.9. The van der Waals surface area contributed by atoms with Gasteiger partial charge in [0.25, 0.3) is 0 Å². The minimum atomic E-state index is 0.618. The van der Waals surface area contributed by atoms with Crippen molar-refractivity contribution in [3.63, 3.8) is 0 Å². The average Bonchev–Trinajstić information content (AvgIpc) is 2.90. The molecule has 2 aromatic heterocycles. The van der Waals surface area contributed by atoms with Crippen LogP contribution in [0.1, 0.15) is 18.1 Å². The molecule has 0 radical (unpaired) electrons. The van der Waals surface area contributed by atoms with Crippen LogP contribution in [0.5, 0.6) is 0 Å². The Hall–Kier alpha value is -2.62. The number of fused-ring (bicyclic) bond motifs is 1. The van der Waals surface area contributed by atoms with Crippen molar-refractivity contribution >= 4 is 16.6 Å². The fourth-order valence-electron chi connectivity index (χ4n) is 2.31. The topological polar surface area (TPSA) is 50.4 Å². The normalized spacial score (nSPS) is 11.9. The second-order valence-electron chi connectivity index (χ2n) is 4.76. The average molecular weight is 265 g/mol. The van der Waals surface area contributed by atoms with Gasteiger partial charge in [0.05, 0.1) is 5.71 Å². The van der Waals surface area contributed by atoms with E-state index in [0.717, 1.165) is 23.0 Å². The van der Waals surface area contributed by atoms with E-state index in [1.807, 2.05) is 24.4 Å². The first kappa shape index (κ1) is 12.4. The van der Waals surface area contributed by atoms with Crippen LogP contribution in [0.15, 0.2) is 60.1 Å². The van der Waals surface area contributed by atoms with E-state index in [-0.39, 0.29) is 0 Å². The predicted octanol–water partition coefficient (Wildman–Crippen LogP) is 3.28. The number of hydrogen-bond donors (Lipinski definition) is 1. The molecule has 0 aliphatic heterocycles. The van der Waals surface area contributed by atoms with Gasteiger partial charge in [-0.15, -0.1) is 0 Å². The highest BCUT2D eigenvalue weighted by molar-refractivity contribution is 6.01. The summed E-state index contributed by atoms with van der Waals surface area (Å²) in [5.41, 5.74) is 3.87. The zero-order valence-electron chi connectivity index (χ0n) is 11.2. The molecule has 1 aromatic carbocycles. The van der Waals surface area contributed by atoms with E-state index in [0.29, 0.717) is 5.71 Å². The molecule has 4 nitrogen and oxygen atoms in total. The van der Waals surface area contributed by atoms with Crippen molar-refractivity contribution < 1.29 is 5.21 Å². The van der Waals surface area contributed by atoms with E-state index in [1.165, 1.54) is 5.56 Å². The Morgan fingerprint density at radius 2 is 2.20 bits per heavy atom. The van der Waals surface area contributed by atoms with Crippen LogP contribution in [0.2, 0.25) is 0 Å². The maximum Gasteiger partial charge on any atom is 0.0837 e. The molecule has 4 heteroatoms. The van der Waals surface area contributed by atoms with Gasteiger partial charge in [-0.3, -0.25) is 4.98 Å². The summed E-state index contributed by atoms with van der Waals surface area (Å²) in [5.74, 6) is 0. The van der Waals surface area contributed by atoms with E-state index in [4.69, 9.17) is 5.21 Å². The van der Waals surface area contributed by atoms with Gasteiger partial charge in [0.15, 0.2) is 0 Å². The van der Waals surface area contributed by atoms with Crippen molar-refractivity contribution in [1.82, 2.24) is 9.55 Å². The van der Waals surface area contributed by atoms with Crippen molar-refractivity contribution in [2.24, 2.45) is 5.16 Å². The predicted molar refractivity (Wildman–Crippen MR) is 79.3 cm³/mol. The van der Waals surface area contributed by atoms with E-state index in [1.54, 1.807) is 13.1 Å². The van der Waals surface area contributed by atoms with E-state index >= 15 is 0 Å². The molecule has 1 N–H and O–H groups in total. The van der Waals surface area contributed by atoms with Gasteiger partial charge in [0.1, 0.15) is 0 Å². The first-order valence-corrected chi connectivity index (χ1v) is 6.45. The minimum absolute atomic E-state index is 0.618. The third-order valence-electron chi connectivity index (χ3n) is 3.41. The fourth-order valence-corrected chi connectivity index (χ4v) is 2.31. The molecule has 0 saturated heterocycles. The Morgan fingerprint density at radius 3 is 2.95 bits per heavy atom. The molecule has 3 aromatic rings. The van der Waals surface area contributed by atoms with Crippen molar-refractivity contribution in [2.75, 3.05) is 0 Å². The van der Waals surface area contributed by atoms with Gasteiger partial charge in [-0.2, -0.15) is 0 Å². The molecule has 0 bridgehead atoms. The zero-order valence-corrected chi connectivity index (χ0v) is 11.2. The fraction of sp³-hybridized carbons (Fsp3) is 0.125. The van der Waals surface area contributed by atoms with Gasteiger partial charge >= 0.3 is 0 Å². The third kappa shape index (κ3) is 2.28. The summed E-state index contributed by atoms with van der Waals surface area (Å²) in [6.45, 7) is 2.58. The standard InChI is InChI=1S/C16H15N3O/c1-12(18-20)14-4-5-16-15(9-14)6-8-19(16)11-13-3-2-7-17-10-13/h2-10,20H,11H2,1H3. The van der Waals surface area contributed by atoms with Crippen LogP contribution < -0.4 is 0 Å². The van der Waals surface area contributed by atoms with Gasteiger partial charge in [-0.1, -0.05) is 17.3 Å². The Bertz CT molecular complexity index is 760. The molecule has 0 saturated carbocycles. The maximum absolute atomic E-state index is 8.84. The molecule has 2 heterocycles. The highest BCUT2D eigenvalue weighted by Gasteiger charge is 2.05. The van der Waals surface area contributed by atoms with Crippen molar-refractivity contribution in [3.8, 4) is 0 Å². The van der Waals surface area contributed by atoms with Crippen LogP contribution in [-0.2, 0) is 6.54 Å². The smallest absolute Gasteiger partial charge is 0.0837 e. The van der Waals surface area contributed by atoms with Crippen LogP contribution in [-0.4, -0.2) is 20.5 Å². The van der Waals surface area contributed by atoms with Gasteiger partial charge in [-0.05, 0) is 42.3 Å². The maximum atomic E-state index is 8.84. The van der Waals surface area contributed by atoms with Gasteiger partial charge in [-0.25, -0.2) is 0 Å². The highest BCUT2D eigenvalue weighted by Crippen LogP contribution is 2.19. The number of aromatic nitrogens is 2. The summed E-state index contributed by atoms with van der Waals surface area (Å²) in [6, 6.07) is 12.1. The second-order valence-corrected chi connectivity index (χ2v) is 4.76. The summed E-state index contributed by atoms with van der Waals surface area (Å²) < 4.78 is 2.18. The first-order chi connectivity index (χ1) is 9.78. The Balaban J connectivity index is 1.98. The second kappa shape index (κ2) is 5.17. The molecule has 0 unspecified atom stereocenters. The number of pyridine rings is 1. The molecular weight excluding hydrogens is 250 g/mol. The van der Waals surface area contributed by atoms with Crippen molar-refractivity contribution in [1.29, 1.82) is 0 Å². The molecule has 0 amide bonds. The number of hydrogen-bond acceptors (Lipinski definition) is 3. The van der Waals surface area contributed by atoms with Crippen LogP contribution >= 0.6 is 0 Å². The number of benzene rings is 1. The number of rotatable bonds is 3. The molecule has 100 valence electrons. The highest BCUT2D eigenvalue weighted by atomic mass is 16.4. The van der Waals surface area contributed by atoms with E-state index in [9.17, 15) is 0 Å². The summed E-state index contributed by atoms with van der Waals surface area (Å²) >= 11 is 0. The molecule has 0 aliphatic carbocycles.